The van der Waals surface area contributed by atoms with Gasteiger partial charge in [-0.3, -0.25) is 10.1 Å². The minimum atomic E-state index is -0.416. The number of non-ortho nitro benzene ring substituents is 1. The number of ether oxygens (including phenoxy) is 1. The zero-order chi connectivity index (χ0) is 13.8. The van der Waals surface area contributed by atoms with Crippen molar-refractivity contribution in [2.75, 3.05) is 12.4 Å². The standard InChI is InChI=1S/C13H14N2O3S/c1-9(13-4-3-7-19-13)14-11-8-10(15(16)17)5-6-12(11)18-2/h3-9,14H,1-2H3. The number of methoxy groups -OCH3 is 1. The Balaban J connectivity index is 2.27. The van der Waals surface area contributed by atoms with Crippen LogP contribution in [0.4, 0.5) is 11.4 Å². The minimum absolute atomic E-state index is 0.0432. The molecule has 100 valence electrons. The second-order valence-corrected chi connectivity index (χ2v) is 5.00. The van der Waals surface area contributed by atoms with Crippen LogP contribution in [0.2, 0.25) is 0 Å². The second kappa shape index (κ2) is 5.71. The van der Waals surface area contributed by atoms with Gasteiger partial charge in [0.05, 0.1) is 23.8 Å². The molecule has 0 spiro atoms. The van der Waals surface area contributed by atoms with Crippen molar-refractivity contribution in [2.24, 2.45) is 0 Å². The lowest BCUT2D eigenvalue weighted by Crippen LogP contribution is -2.06. The van der Waals surface area contributed by atoms with Crippen LogP contribution in [0.5, 0.6) is 5.75 Å². The van der Waals surface area contributed by atoms with Crippen LogP contribution in [0, 0.1) is 10.1 Å². The number of rotatable bonds is 5. The van der Waals surface area contributed by atoms with Crippen LogP contribution in [-0.4, -0.2) is 12.0 Å². The van der Waals surface area contributed by atoms with E-state index in [4.69, 9.17) is 4.74 Å². The van der Waals surface area contributed by atoms with Crippen molar-refractivity contribution in [1.82, 2.24) is 0 Å². The number of nitro benzene ring substituents is 1. The van der Waals surface area contributed by atoms with E-state index in [2.05, 4.69) is 5.32 Å². The third kappa shape index (κ3) is 3.03. The Hall–Kier alpha value is -2.08. The van der Waals surface area contributed by atoms with Crippen molar-refractivity contribution in [2.45, 2.75) is 13.0 Å². The van der Waals surface area contributed by atoms with E-state index in [0.29, 0.717) is 11.4 Å². The summed E-state index contributed by atoms with van der Waals surface area (Å²) in [6, 6.07) is 8.58. The molecule has 0 aliphatic heterocycles. The van der Waals surface area contributed by atoms with Gasteiger partial charge in [-0.05, 0) is 24.4 Å². The van der Waals surface area contributed by atoms with Gasteiger partial charge in [-0.2, -0.15) is 0 Å². The molecular weight excluding hydrogens is 264 g/mol. The van der Waals surface area contributed by atoms with E-state index in [1.54, 1.807) is 24.5 Å². The number of nitro groups is 1. The summed E-state index contributed by atoms with van der Waals surface area (Å²) in [7, 11) is 1.54. The monoisotopic (exact) mass is 278 g/mol. The second-order valence-electron chi connectivity index (χ2n) is 4.02. The quantitative estimate of drug-likeness (QED) is 0.666. The molecule has 0 fully saturated rings. The molecule has 2 aromatic rings. The lowest BCUT2D eigenvalue weighted by molar-refractivity contribution is -0.384. The first-order valence-electron chi connectivity index (χ1n) is 5.74. The fourth-order valence-corrected chi connectivity index (χ4v) is 2.50. The first-order valence-corrected chi connectivity index (χ1v) is 6.62. The van der Waals surface area contributed by atoms with Crippen molar-refractivity contribution in [3.63, 3.8) is 0 Å². The van der Waals surface area contributed by atoms with Crippen LogP contribution in [0.1, 0.15) is 17.8 Å². The van der Waals surface area contributed by atoms with E-state index in [1.165, 1.54) is 12.1 Å². The molecule has 0 saturated heterocycles. The maximum atomic E-state index is 10.8. The lowest BCUT2D eigenvalue weighted by atomic mass is 10.2. The van der Waals surface area contributed by atoms with Crippen molar-refractivity contribution < 1.29 is 9.66 Å². The number of benzene rings is 1. The molecule has 1 unspecified atom stereocenters. The Kier molecular flexibility index (Phi) is 4.01. The van der Waals surface area contributed by atoms with Crippen molar-refractivity contribution in [3.05, 3.63) is 50.7 Å². The first kappa shape index (κ1) is 13.4. The van der Waals surface area contributed by atoms with Gasteiger partial charge in [-0.15, -0.1) is 11.3 Å². The summed E-state index contributed by atoms with van der Waals surface area (Å²) >= 11 is 1.64. The Morgan fingerprint density at radius 3 is 2.79 bits per heavy atom. The van der Waals surface area contributed by atoms with Gasteiger partial charge in [0, 0.05) is 17.0 Å². The number of hydrogen-bond donors (Lipinski definition) is 1. The highest BCUT2D eigenvalue weighted by Crippen LogP contribution is 2.32. The number of nitrogens with zero attached hydrogens (tertiary/aromatic N) is 1. The van der Waals surface area contributed by atoms with E-state index >= 15 is 0 Å². The molecule has 0 amide bonds. The number of hydrogen-bond acceptors (Lipinski definition) is 5. The molecule has 6 heteroatoms. The fourth-order valence-electron chi connectivity index (χ4n) is 1.76. The topological polar surface area (TPSA) is 64.4 Å². The molecule has 0 aliphatic rings. The zero-order valence-electron chi connectivity index (χ0n) is 10.6. The smallest absolute Gasteiger partial charge is 0.271 e. The molecular formula is C13H14N2O3S. The van der Waals surface area contributed by atoms with Gasteiger partial charge >= 0.3 is 0 Å². The normalized spacial score (nSPS) is 11.9. The highest BCUT2D eigenvalue weighted by Gasteiger charge is 2.14. The van der Waals surface area contributed by atoms with Gasteiger partial charge < -0.3 is 10.1 Å². The van der Waals surface area contributed by atoms with Crippen molar-refractivity contribution in [3.8, 4) is 5.75 Å². The van der Waals surface area contributed by atoms with Crippen molar-refractivity contribution in [1.29, 1.82) is 0 Å². The van der Waals surface area contributed by atoms with Gasteiger partial charge in [0.1, 0.15) is 5.75 Å². The average molecular weight is 278 g/mol. The summed E-state index contributed by atoms with van der Waals surface area (Å²) in [5.41, 5.74) is 0.666. The summed E-state index contributed by atoms with van der Waals surface area (Å²) < 4.78 is 5.22. The molecule has 5 nitrogen and oxygen atoms in total. The third-order valence-corrected chi connectivity index (χ3v) is 3.79. The Bertz CT molecular complexity index is 569. The molecule has 1 aromatic carbocycles. The molecule has 0 radical (unpaired) electrons. The van der Waals surface area contributed by atoms with Crippen LogP contribution in [0.15, 0.2) is 35.7 Å². The van der Waals surface area contributed by atoms with E-state index < -0.39 is 4.92 Å². The van der Waals surface area contributed by atoms with Gasteiger partial charge in [-0.1, -0.05) is 6.07 Å². The van der Waals surface area contributed by atoms with Gasteiger partial charge in [0.2, 0.25) is 0 Å². The summed E-state index contributed by atoms with van der Waals surface area (Å²) in [4.78, 5) is 11.6. The molecule has 1 heterocycles. The molecule has 0 bridgehead atoms. The maximum absolute atomic E-state index is 10.8. The number of anilines is 1. The highest BCUT2D eigenvalue weighted by molar-refractivity contribution is 7.10. The predicted molar refractivity (Wildman–Crippen MR) is 76.0 cm³/mol. The summed E-state index contributed by atoms with van der Waals surface area (Å²) in [6.07, 6.45) is 0. The molecule has 0 aliphatic carbocycles. The predicted octanol–water partition coefficient (Wildman–Crippen LogP) is 3.84. The lowest BCUT2D eigenvalue weighted by Gasteiger charge is -2.16. The van der Waals surface area contributed by atoms with Crippen LogP contribution < -0.4 is 10.1 Å². The van der Waals surface area contributed by atoms with E-state index in [-0.39, 0.29) is 11.7 Å². The first-order chi connectivity index (χ1) is 9.11. The minimum Gasteiger partial charge on any atom is -0.495 e. The maximum Gasteiger partial charge on any atom is 0.271 e. The molecule has 1 aromatic heterocycles. The fraction of sp³-hybridized carbons (Fsp3) is 0.231. The molecule has 0 saturated carbocycles. The number of thiophene rings is 1. The van der Waals surface area contributed by atoms with E-state index in [9.17, 15) is 10.1 Å². The Morgan fingerprint density at radius 1 is 1.42 bits per heavy atom. The van der Waals surface area contributed by atoms with Gasteiger partial charge in [0.15, 0.2) is 0 Å². The van der Waals surface area contributed by atoms with Crippen LogP contribution in [0.3, 0.4) is 0 Å². The van der Waals surface area contributed by atoms with Crippen LogP contribution in [-0.2, 0) is 0 Å². The number of nitrogens with one attached hydrogen (secondary N) is 1. The van der Waals surface area contributed by atoms with Crippen molar-refractivity contribution >= 4 is 22.7 Å². The summed E-state index contributed by atoms with van der Waals surface area (Å²) in [6.45, 7) is 2.00. The molecule has 1 atom stereocenters. The molecule has 2 rings (SSSR count). The largest absolute Gasteiger partial charge is 0.495 e. The Morgan fingerprint density at radius 2 is 2.21 bits per heavy atom. The molecule has 1 N–H and O–H groups in total. The van der Waals surface area contributed by atoms with E-state index in [0.717, 1.165) is 4.88 Å². The third-order valence-electron chi connectivity index (χ3n) is 2.74. The van der Waals surface area contributed by atoms with Gasteiger partial charge in [-0.25, -0.2) is 0 Å². The Labute approximate surface area is 115 Å². The highest BCUT2D eigenvalue weighted by atomic mass is 32.1. The summed E-state index contributed by atoms with van der Waals surface area (Å²) in [5, 5.41) is 16.0. The SMILES string of the molecule is COc1ccc([N+](=O)[O-])cc1NC(C)c1cccs1. The van der Waals surface area contributed by atoms with E-state index in [1.807, 2.05) is 24.4 Å². The molecule has 19 heavy (non-hydrogen) atoms. The zero-order valence-corrected chi connectivity index (χ0v) is 11.4. The van der Waals surface area contributed by atoms with Crippen LogP contribution in [0.25, 0.3) is 0 Å². The van der Waals surface area contributed by atoms with Gasteiger partial charge in [0.25, 0.3) is 5.69 Å². The summed E-state index contributed by atoms with van der Waals surface area (Å²) in [5.74, 6) is 0.592. The van der Waals surface area contributed by atoms with Crippen LogP contribution >= 0.6 is 11.3 Å². The average Bonchev–Trinajstić information content (AvgIpc) is 2.92.